The van der Waals surface area contributed by atoms with Crippen LogP contribution >= 0.6 is 0 Å². The molecule has 2 heteroatoms. The Morgan fingerprint density at radius 2 is 1.00 bits per heavy atom. The minimum Gasteiger partial charge on any atom is -0.310 e. The van der Waals surface area contributed by atoms with Crippen LogP contribution in [-0.2, 0) is 10.8 Å². The van der Waals surface area contributed by atoms with Gasteiger partial charge in [0.1, 0.15) is 0 Å². The van der Waals surface area contributed by atoms with Gasteiger partial charge in [-0.2, -0.15) is 0 Å². The van der Waals surface area contributed by atoms with Gasteiger partial charge in [0.15, 0.2) is 0 Å². The molecule has 1 heterocycles. The number of rotatable bonds is 4. The number of para-hydroxylation sites is 3. The summed E-state index contributed by atoms with van der Waals surface area (Å²) in [6, 6.07) is 81.6. The van der Waals surface area contributed by atoms with Crippen LogP contribution in [0.1, 0.15) is 47.2 Å². The molecular formula is C62H42N2. The van der Waals surface area contributed by atoms with Crippen molar-refractivity contribution in [3.8, 4) is 39.1 Å². The molecule has 0 amide bonds. The Morgan fingerprint density at radius 3 is 1.83 bits per heavy atom. The molecule has 0 fully saturated rings. The zero-order valence-corrected chi connectivity index (χ0v) is 35.7. The van der Waals surface area contributed by atoms with Crippen LogP contribution < -0.4 is 4.90 Å². The lowest BCUT2D eigenvalue weighted by Crippen LogP contribution is -2.26. The van der Waals surface area contributed by atoms with Crippen molar-refractivity contribution in [2.24, 2.45) is 0 Å². The number of hydrogen-bond acceptors (Lipinski definition) is 1. The van der Waals surface area contributed by atoms with Gasteiger partial charge in [0.05, 0.1) is 22.1 Å². The van der Waals surface area contributed by atoms with Crippen LogP contribution in [0, 0.1) is 0 Å². The van der Waals surface area contributed by atoms with E-state index in [0.717, 1.165) is 11.4 Å². The summed E-state index contributed by atoms with van der Waals surface area (Å²) in [7, 11) is 0. The van der Waals surface area contributed by atoms with E-state index in [-0.39, 0.29) is 5.41 Å². The first-order valence-electron chi connectivity index (χ1n) is 22.5. The van der Waals surface area contributed by atoms with E-state index in [9.17, 15) is 0 Å². The lowest BCUT2D eigenvalue weighted by Gasteiger charge is -2.33. The van der Waals surface area contributed by atoms with Gasteiger partial charge in [-0.15, -0.1) is 0 Å². The molecule has 3 aliphatic carbocycles. The predicted molar refractivity (Wildman–Crippen MR) is 267 cm³/mol. The molecule has 1 spiro atoms. The number of anilines is 3. The Labute approximate surface area is 372 Å². The molecule has 3 aliphatic rings. The third-order valence-electron chi connectivity index (χ3n) is 14.9. The molecule has 0 N–H and O–H groups in total. The van der Waals surface area contributed by atoms with E-state index in [1.807, 2.05) is 0 Å². The molecule has 0 bridgehead atoms. The Balaban J connectivity index is 1.05. The van der Waals surface area contributed by atoms with Crippen molar-refractivity contribution in [3.05, 3.63) is 252 Å². The fourth-order valence-corrected chi connectivity index (χ4v) is 12.6. The second-order valence-corrected chi connectivity index (χ2v) is 18.3. The fraction of sp³-hybridized carbons (Fsp3) is 0.0645. The molecule has 0 saturated carbocycles. The van der Waals surface area contributed by atoms with Crippen molar-refractivity contribution in [2.45, 2.75) is 24.7 Å². The molecule has 64 heavy (non-hydrogen) atoms. The molecule has 0 aliphatic heterocycles. The van der Waals surface area contributed by atoms with Crippen molar-refractivity contribution in [2.75, 3.05) is 4.90 Å². The highest BCUT2D eigenvalue weighted by molar-refractivity contribution is 6.15. The highest BCUT2D eigenvalue weighted by Gasteiger charge is 2.54. The second kappa shape index (κ2) is 12.8. The Morgan fingerprint density at radius 1 is 0.391 bits per heavy atom. The smallest absolute Gasteiger partial charge is 0.0726 e. The molecule has 2 nitrogen and oxygen atoms in total. The number of hydrogen-bond donors (Lipinski definition) is 0. The van der Waals surface area contributed by atoms with Crippen LogP contribution in [0.25, 0.3) is 71.6 Å². The Hall–Kier alpha value is -7.94. The SMILES string of the molecule is CC1(C)c2c(ccc3c2-c2ccccc2C32c3ccccc3-c3ccc(N(c4ccccc4)c4cccc5ccccc45)cc32)-c2ccc3c(c21)c1ccccc1n3-c1ccccc1. The molecule has 300 valence electrons. The van der Waals surface area contributed by atoms with Gasteiger partial charge in [0, 0.05) is 38.6 Å². The molecule has 1 atom stereocenters. The monoisotopic (exact) mass is 814 g/mol. The van der Waals surface area contributed by atoms with Gasteiger partial charge < -0.3 is 9.47 Å². The van der Waals surface area contributed by atoms with E-state index < -0.39 is 5.41 Å². The van der Waals surface area contributed by atoms with E-state index in [4.69, 9.17) is 0 Å². The minimum atomic E-state index is -0.520. The third-order valence-corrected chi connectivity index (χ3v) is 14.9. The van der Waals surface area contributed by atoms with Gasteiger partial charge in [0.25, 0.3) is 0 Å². The minimum absolute atomic E-state index is 0.304. The van der Waals surface area contributed by atoms with Crippen LogP contribution in [0.4, 0.5) is 17.1 Å². The summed E-state index contributed by atoms with van der Waals surface area (Å²) < 4.78 is 2.46. The van der Waals surface area contributed by atoms with Crippen LogP contribution in [0.2, 0.25) is 0 Å². The second-order valence-electron chi connectivity index (χ2n) is 18.3. The molecule has 14 rings (SSSR count). The first-order valence-corrected chi connectivity index (χ1v) is 22.5. The topological polar surface area (TPSA) is 8.17 Å². The summed E-state index contributed by atoms with van der Waals surface area (Å²) in [5, 5.41) is 5.10. The van der Waals surface area contributed by atoms with E-state index in [1.165, 1.54) is 111 Å². The van der Waals surface area contributed by atoms with Gasteiger partial charge in [-0.25, -0.2) is 0 Å². The Bertz CT molecular complexity index is 3760. The van der Waals surface area contributed by atoms with Crippen LogP contribution in [0.15, 0.2) is 218 Å². The summed E-state index contributed by atoms with van der Waals surface area (Å²) >= 11 is 0. The molecule has 1 unspecified atom stereocenters. The molecule has 11 aromatic rings. The summed E-state index contributed by atoms with van der Waals surface area (Å²) in [4.78, 5) is 2.46. The lowest BCUT2D eigenvalue weighted by molar-refractivity contribution is 0.667. The van der Waals surface area contributed by atoms with Crippen molar-refractivity contribution < 1.29 is 0 Å². The lowest BCUT2D eigenvalue weighted by atomic mass is 9.69. The summed E-state index contributed by atoms with van der Waals surface area (Å²) in [5.41, 5.74) is 22.6. The maximum Gasteiger partial charge on any atom is 0.0726 e. The molecule has 1 aromatic heterocycles. The highest BCUT2D eigenvalue weighted by Crippen LogP contribution is 2.67. The fourth-order valence-electron chi connectivity index (χ4n) is 12.6. The van der Waals surface area contributed by atoms with Crippen LogP contribution in [0.5, 0.6) is 0 Å². The van der Waals surface area contributed by atoms with Gasteiger partial charge >= 0.3 is 0 Å². The standard InChI is InChI=1S/C62H42N2/c1-61(2)59-46(47-35-37-56-58(60(47)61)49-27-13-16-30-55(49)64(56)41-22-7-4-8-23-41)34-36-52-57(59)48-26-12-15-29-51(48)62(52)50-28-14-11-25-44(50)45-33-32-42(38-53(45)62)63(40-20-5-3-6-21-40)54-31-17-19-39-18-9-10-24-43(39)54/h3-38H,1-2H3. The molecule has 0 radical (unpaired) electrons. The summed E-state index contributed by atoms with van der Waals surface area (Å²) in [6.07, 6.45) is 0. The van der Waals surface area contributed by atoms with Crippen LogP contribution in [0.3, 0.4) is 0 Å². The average Bonchev–Trinajstić information content (AvgIpc) is 4.02. The number of nitrogens with zero attached hydrogens (tertiary/aromatic N) is 2. The van der Waals surface area contributed by atoms with Crippen molar-refractivity contribution >= 4 is 49.6 Å². The maximum atomic E-state index is 2.52. The van der Waals surface area contributed by atoms with Gasteiger partial charge in [-0.3, -0.25) is 0 Å². The summed E-state index contributed by atoms with van der Waals surface area (Å²) in [5.74, 6) is 0. The Kier molecular flexibility index (Phi) is 7.13. The van der Waals surface area contributed by atoms with Crippen LogP contribution in [-0.4, -0.2) is 4.57 Å². The largest absolute Gasteiger partial charge is 0.310 e. The predicted octanol–water partition coefficient (Wildman–Crippen LogP) is 16.1. The van der Waals surface area contributed by atoms with Crippen molar-refractivity contribution in [1.29, 1.82) is 0 Å². The van der Waals surface area contributed by atoms with E-state index in [0.29, 0.717) is 0 Å². The van der Waals surface area contributed by atoms with Gasteiger partial charge in [0.2, 0.25) is 0 Å². The van der Waals surface area contributed by atoms with Crippen molar-refractivity contribution in [3.63, 3.8) is 0 Å². The number of benzene rings is 10. The zero-order valence-electron chi connectivity index (χ0n) is 35.7. The molecule has 10 aromatic carbocycles. The normalized spacial score (nSPS) is 15.8. The van der Waals surface area contributed by atoms with E-state index in [1.54, 1.807) is 0 Å². The van der Waals surface area contributed by atoms with E-state index >= 15 is 0 Å². The van der Waals surface area contributed by atoms with E-state index in [2.05, 4.69) is 242 Å². The highest BCUT2D eigenvalue weighted by atomic mass is 15.1. The first kappa shape index (κ1) is 35.6. The number of aromatic nitrogens is 1. The summed E-state index contributed by atoms with van der Waals surface area (Å²) in [6.45, 7) is 4.96. The number of fused-ring (bicyclic) bond motifs is 19. The average molecular weight is 815 g/mol. The third kappa shape index (κ3) is 4.44. The van der Waals surface area contributed by atoms with Gasteiger partial charge in [-0.1, -0.05) is 178 Å². The maximum absolute atomic E-state index is 2.52. The molecule has 0 saturated heterocycles. The zero-order chi connectivity index (χ0) is 42.3. The van der Waals surface area contributed by atoms with Crippen molar-refractivity contribution in [1.82, 2.24) is 4.57 Å². The van der Waals surface area contributed by atoms with Gasteiger partial charge in [-0.05, 0) is 127 Å². The quantitative estimate of drug-likeness (QED) is 0.172. The molecular weight excluding hydrogens is 773 g/mol. The first-order chi connectivity index (χ1) is 31.5.